The summed E-state index contributed by atoms with van der Waals surface area (Å²) >= 11 is 0. The summed E-state index contributed by atoms with van der Waals surface area (Å²) in [7, 11) is 1.63. The highest BCUT2D eigenvalue weighted by atomic mass is 19.1. The molecule has 2 rings (SSSR count). The highest BCUT2D eigenvalue weighted by molar-refractivity contribution is 5.81. The van der Waals surface area contributed by atoms with E-state index < -0.39 is 11.6 Å². The third-order valence-electron chi connectivity index (χ3n) is 4.14. The fraction of sp³-hybridized carbons (Fsp3) is 0.562. The third kappa shape index (κ3) is 3.81. The standard InChI is InChI=1S/C16H23F2N3O/c1-10(2)21-9-13(7-15(21)16(22)19-3)20-8-11-6-12(17)4-5-14(11)18/h4-6,10,13,15,20H,7-9H2,1-3H3,(H,19,22)/t13-,15-/m0/s1. The van der Waals surface area contributed by atoms with Gasteiger partial charge in [0, 0.05) is 37.8 Å². The maximum absolute atomic E-state index is 13.6. The molecule has 1 aromatic carbocycles. The van der Waals surface area contributed by atoms with Crippen LogP contribution in [0.3, 0.4) is 0 Å². The summed E-state index contributed by atoms with van der Waals surface area (Å²) in [5.74, 6) is -0.873. The molecule has 1 fully saturated rings. The first-order valence-corrected chi connectivity index (χ1v) is 7.57. The quantitative estimate of drug-likeness (QED) is 0.869. The SMILES string of the molecule is CNC(=O)[C@@H]1C[C@H](NCc2cc(F)ccc2F)CN1C(C)C. The van der Waals surface area contributed by atoms with Gasteiger partial charge in [-0.25, -0.2) is 8.78 Å². The Morgan fingerprint density at radius 1 is 1.41 bits per heavy atom. The summed E-state index contributed by atoms with van der Waals surface area (Å²) in [5, 5.41) is 5.92. The summed E-state index contributed by atoms with van der Waals surface area (Å²) in [5.41, 5.74) is 0.305. The predicted molar refractivity (Wildman–Crippen MR) is 81.3 cm³/mol. The molecule has 0 unspecified atom stereocenters. The second-order valence-electron chi connectivity index (χ2n) is 5.97. The minimum atomic E-state index is -0.448. The van der Waals surface area contributed by atoms with Crippen molar-refractivity contribution in [1.82, 2.24) is 15.5 Å². The lowest BCUT2D eigenvalue weighted by Gasteiger charge is -2.26. The van der Waals surface area contributed by atoms with Crippen LogP contribution in [0.4, 0.5) is 8.78 Å². The highest BCUT2D eigenvalue weighted by Gasteiger charge is 2.37. The number of likely N-dealkylation sites (tertiary alicyclic amines) is 1. The average Bonchev–Trinajstić information content (AvgIpc) is 2.92. The Labute approximate surface area is 129 Å². The van der Waals surface area contributed by atoms with Gasteiger partial charge in [-0.2, -0.15) is 0 Å². The second kappa shape index (κ2) is 7.15. The molecule has 2 atom stereocenters. The first-order valence-electron chi connectivity index (χ1n) is 7.57. The molecule has 1 aromatic rings. The Morgan fingerprint density at radius 3 is 2.77 bits per heavy atom. The van der Waals surface area contributed by atoms with Gasteiger partial charge in [0.15, 0.2) is 0 Å². The molecule has 0 aliphatic carbocycles. The van der Waals surface area contributed by atoms with Crippen molar-refractivity contribution in [2.75, 3.05) is 13.6 Å². The second-order valence-corrected chi connectivity index (χ2v) is 5.97. The van der Waals surface area contributed by atoms with Crippen molar-refractivity contribution in [2.24, 2.45) is 0 Å². The number of hydrogen-bond acceptors (Lipinski definition) is 3. The molecule has 122 valence electrons. The molecule has 1 amide bonds. The zero-order valence-corrected chi connectivity index (χ0v) is 13.2. The van der Waals surface area contributed by atoms with Gasteiger partial charge in [-0.05, 0) is 38.5 Å². The summed E-state index contributed by atoms with van der Waals surface area (Å²) in [6, 6.07) is 3.59. The van der Waals surface area contributed by atoms with Gasteiger partial charge in [0.1, 0.15) is 11.6 Å². The topological polar surface area (TPSA) is 44.4 Å². The van der Waals surface area contributed by atoms with Gasteiger partial charge in [-0.1, -0.05) is 0 Å². The summed E-state index contributed by atoms with van der Waals surface area (Å²) in [4.78, 5) is 14.1. The fourth-order valence-corrected chi connectivity index (χ4v) is 2.94. The minimum Gasteiger partial charge on any atom is -0.358 e. The molecule has 1 aliphatic heterocycles. The van der Waals surface area contributed by atoms with E-state index in [4.69, 9.17) is 0 Å². The maximum atomic E-state index is 13.6. The van der Waals surface area contributed by atoms with Crippen LogP contribution >= 0.6 is 0 Å². The lowest BCUT2D eigenvalue weighted by atomic mass is 10.1. The number of amides is 1. The van der Waals surface area contributed by atoms with Crippen molar-refractivity contribution in [3.8, 4) is 0 Å². The molecule has 1 heterocycles. The molecular formula is C16H23F2N3O. The van der Waals surface area contributed by atoms with Crippen molar-refractivity contribution < 1.29 is 13.6 Å². The highest BCUT2D eigenvalue weighted by Crippen LogP contribution is 2.21. The Bertz CT molecular complexity index is 536. The smallest absolute Gasteiger partial charge is 0.237 e. The van der Waals surface area contributed by atoms with E-state index in [-0.39, 0.29) is 30.6 Å². The van der Waals surface area contributed by atoms with Crippen LogP contribution in [0, 0.1) is 11.6 Å². The van der Waals surface area contributed by atoms with Crippen LogP contribution in [-0.4, -0.2) is 42.5 Å². The molecule has 2 N–H and O–H groups in total. The summed E-state index contributed by atoms with van der Waals surface area (Å²) in [6.45, 7) is 5.06. The van der Waals surface area contributed by atoms with Gasteiger partial charge < -0.3 is 10.6 Å². The van der Waals surface area contributed by atoms with Crippen LogP contribution in [0.15, 0.2) is 18.2 Å². The molecule has 0 spiro atoms. The normalized spacial score (nSPS) is 22.3. The maximum Gasteiger partial charge on any atom is 0.237 e. The van der Waals surface area contributed by atoms with E-state index in [1.165, 1.54) is 6.07 Å². The Balaban J connectivity index is 1.99. The molecule has 0 radical (unpaired) electrons. The van der Waals surface area contributed by atoms with Gasteiger partial charge in [0.05, 0.1) is 6.04 Å². The number of halogens is 2. The molecule has 22 heavy (non-hydrogen) atoms. The number of carbonyl (C=O) groups is 1. The van der Waals surface area contributed by atoms with Crippen LogP contribution in [0.25, 0.3) is 0 Å². The minimum absolute atomic E-state index is 0.00469. The number of likely N-dealkylation sites (N-methyl/N-ethyl adjacent to an activating group) is 1. The first-order chi connectivity index (χ1) is 10.4. The monoisotopic (exact) mass is 311 g/mol. The number of nitrogens with zero attached hydrogens (tertiary/aromatic N) is 1. The van der Waals surface area contributed by atoms with Crippen molar-refractivity contribution in [3.63, 3.8) is 0 Å². The Morgan fingerprint density at radius 2 is 2.14 bits per heavy atom. The Kier molecular flexibility index (Phi) is 5.47. The van der Waals surface area contributed by atoms with Gasteiger partial charge in [0.25, 0.3) is 0 Å². The van der Waals surface area contributed by atoms with Crippen molar-refractivity contribution in [1.29, 1.82) is 0 Å². The van der Waals surface area contributed by atoms with E-state index in [0.29, 0.717) is 18.5 Å². The molecule has 1 saturated heterocycles. The van der Waals surface area contributed by atoms with Crippen LogP contribution in [0.1, 0.15) is 25.8 Å². The van der Waals surface area contributed by atoms with Crippen molar-refractivity contribution in [3.05, 3.63) is 35.4 Å². The first kappa shape index (κ1) is 16.8. The molecule has 6 heteroatoms. The van der Waals surface area contributed by atoms with E-state index in [0.717, 1.165) is 12.1 Å². The zero-order chi connectivity index (χ0) is 16.3. The Hall–Kier alpha value is -1.53. The zero-order valence-electron chi connectivity index (χ0n) is 13.2. The predicted octanol–water partition coefficient (Wildman–Crippen LogP) is 1.65. The van der Waals surface area contributed by atoms with Crippen molar-refractivity contribution in [2.45, 2.75) is 44.9 Å². The van der Waals surface area contributed by atoms with Crippen LogP contribution in [0.2, 0.25) is 0 Å². The molecular weight excluding hydrogens is 288 g/mol. The number of rotatable bonds is 5. The lowest BCUT2D eigenvalue weighted by Crippen LogP contribution is -2.45. The molecule has 0 saturated carbocycles. The van der Waals surface area contributed by atoms with Crippen LogP contribution < -0.4 is 10.6 Å². The molecule has 0 aromatic heterocycles. The van der Waals surface area contributed by atoms with E-state index >= 15 is 0 Å². The van der Waals surface area contributed by atoms with E-state index in [1.54, 1.807) is 7.05 Å². The molecule has 1 aliphatic rings. The fourth-order valence-electron chi connectivity index (χ4n) is 2.94. The van der Waals surface area contributed by atoms with Gasteiger partial charge in [0.2, 0.25) is 5.91 Å². The lowest BCUT2D eigenvalue weighted by molar-refractivity contribution is -0.125. The van der Waals surface area contributed by atoms with Crippen molar-refractivity contribution >= 4 is 5.91 Å². The third-order valence-corrected chi connectivity index (χ3v) is 4.14. The number of carbonyl (C=O) groups excluding carboxylic acids is 1. The van der Waals surface area contributed by atoms with E-state index in [2.05, 4.69) is 15.5 Å². The van der Waals surface area contributed by atoms with E-state index in [9.17, 15) is 13.6 Å². The number of hydrogen-bond donors (Lipinski definition) is 2. The van der Waals surface area contributed by atoms with Gasteiger partial charge in [-0.15, -0.1) is 0 Å². The van der Waals surface area contributed by atoms with Crippen LogP contribution in [-0.2, 0) is 11.3 Å². The molecule has 4 nitrogen and oxygen atoms in total. The van der Waals surface area contributed by atoms with Gasteiger partial charge >= 0.3 is 0 Å². The van der Waals surface area contributed by atoms with Crippen LogP contribution in [0.5, 0.6) is 0 Å². The number of benzene rings is 1. The number of nitrogens with one attached hydrogen (secondary N) is 2. The largest absolute Gasteiger partial charge is 0.358 e. The summed E-state index contributed by atoms with van der Waals surface area (Å²) < 4.78 is 26.8. The summed E-state index contributed by atoms with van der Waals surface area (Å²) in [6.07, 6.45) is 0.661. The average molecular weight is 311 g/mol. The van der Waals surface area contributed by atoms with E-state index in [1.807, 2.05) is 13.8 Å². The van der Waals surface area contributed by atoms with Gasteiger partial charge in [-0.3, -0.25) is 9.69 Å². The molecule has 0 bridgehead atoms.